The van der Waals surface area contributed by atoms with Gasteiger partial charge in [-0.05, 0) is 71.1 Å². The van der Waals surface area contributed by atoms with Gasteiger partial charge in [0, 0.05) is 18.7 Å². The Balaban J connectivity index is 2.19. The second-order valence-electron chi connectivity index (χ2n) is 6.87. The minimum Gasteiger partial charge on any atom is -0.340 e. The Hall–Kier alpha value is -1.05. The van der Waals surface area contributed by atoms with Crippen molar-refractivity contribution in [2.45, 2.75) is 60.3 Å². The van der Waals surface area contributed by atoms with E-state index in [1.54, 1.807) is 11.1 Å². The monoisotopic (exact) mass is 289 g/mol. The number of allylic oxidation sites excluding steroid dienone is 3. The summed E-state index contributed by atoms with van der Waals surface area (Å²) in [5.74, 6) is 2.32. The van der Waals surface area contributed by atoms with Crippen LogP contribution in [0.25, 0.3) is 0 Å². The molecule has 0 N–H and O–H groups in total. The second-order valence-corrected chi connectivity index (χ2v) is 6.87. The van der Waals surface area contributed by atoms with Gasteiger partial charge in [-0.25, -0.2) is 0 Å². The number of carbonyl (C=O) groups is 1. The fourth-order valence-electron chi connectivity index (χ4n) is 4.28. The molecule has 0 aromatic rings. The van der Waals surface area contributed by atoms with Crippen molar-refractivity contribution in [2.24, 2.45) is 17.8 Å². The summed E-state index contributed by atoms with van der Waals surface area (Å²) < 4.78 is 0. The predicted molar refractivity (Wildman–Crippen MR) is 89.0 cm³/mol. The molecule has 2 aliphatic carbocycles. The summed E-state index contributed by atoms with van der Waals surface area (Å²) in [6, 6.07) is 0. The predicted octanol–water partition coefficient (Wildman–Crippen LogP) is 4.57. The molecule has 0 unspecified atom stereocenters. The van der Waals surface area contributed by atoms with Crippen LogP contribution in [0.5, 0.6) is 0 Å². The second kappa shape index (κ2) is 6.81. The van der Waals surface area contributed by atoms with Crippen molar-refractivity contribution in [3.8, 4) is 0 Å². The molecule has 1 saturated carbocycles. The molecule has 1 fully saturated rings. The van der Waals surface area contributed by atoms with Crippen LogP contribution in [0.4, 0.5) is 0 Å². The molecule has 0 bridgehead atoms. The fourth-order valence-corrected chi connectivity index (χ4v) is 4.28. The molecule has 118 valence electrons. The number of nitrogens with zero attached hydrogens (tertiary/aromatic N) is 1. The van der Waals surface area contributed by atoms with Crippen molar-refractivity contribution in [1.82, 2.24) is 4.90 Å². The zero-order valence-electron chi connectivity index (χ0n) is 14.4. The molecule has 0 aromatic heterocycles. The summed E-state index contributed by atoms with van der Waals surface area (Å²) in [5.41, 5.74) is 4.19. The quantitative estimate of drug-likeness (QED) is 0.548. The summed E-state index contributed by atoms with van der Waals surface area (Å²) in [5, 5.41) is 0. The molecule has 2 heteroatoms. The Morgan fingerprint density at radius 2 is 1.90 bits per heavy atom. The first-order valence-corrected chi connectivity index (χ1v) is 8.66. The van der Waals surface area contributed by atoms with Gasteiger partial charge in [0.1, 0.15) is 0 Å². The lowest BCUT2D eigenvalue weighted by Crippen LogP contribution is -2.31. The van der Waals surface area contributed by atoms with Gasteiger partial charge in [0.15, 0.2) is 0 Å². The molecule has 0 aromatic carbocycles. The first kappa shape index (κ1) is 16.3. The molecule has 0 heterocycles. The standard InChI is InChI=1S/C19H31NO/c1-6-20(7-2)19(21)15(5)12-16-10-8-13(3)17-11-9-14(4)18(16)17/h12-13,16-17H,6-11H2,1-5H3/b15-12+/t13-,16+,17-/m1/s1. The Morgan fingerprint density at radius 1 is 1.24 bits per heavy atom. The third kappa shape index (κ3) is 3.25. The van der Waals surface area contributed by atoms with E-state index in [-0.39, 0.29) is 5.91 Å². The van der Waals surface area contributed by atoms with Crippen LogP contribution in [-0.2, 0) is 4.79 Å². The van der Waals surface area contributed by atoms with E-state index < -0.39 is 0 Å². The van der Waals surface area contributed by atoms with Gasteiger partial charge in [-0.2, -0.15) is 0 Å². The topological polar surface area (TPSA) is 20.3 Å². The summed E-state index contributed by atoms with van der Waals surface area (Å²) in [6.45, 7) is 12.4. The average Bonchev–Trinajstić information content (AvgIpc) is 2.86. The zero-order valence-corrected chi connectivity index (χ0v) is 14.4. The molecule has 2 nitrogen and oxygen atoms in total. The Kier molecular flexibility index (Phi) is 5.29. The normalized spacial score (nSPS) is 29.6. The van der Waals surface area contributed by atoms with Gasteiger partial charge in [-0.3, -0.25) is 4.79 Å². The lowest BCUT2D eigenvalue weighted by molar-refractivity contribution is -0.126. The SMILES string of the molecule is CCN(CC)C(=O)/C(C)=C/[C@@H]1CC[C@@H](C)[C@H]2CCC(C)=C12. The van der Waals surface area contributed by atoms with E-state index in [2.05, 4.69) is 33.8 Å². The van der Waals surface area contributed by atoms with Crippen molar-refractivity contribution in [3.63, 3.8) is 0 Å². The zero-order chi connectivity index (χ0) is 15.6. The average molecular weight is 289 g/mol. The molecule has 1 amide bonds. The summed E-state index contributed by atoms with van der Waals surface area (Å²) in [7, 11) is 0. The molecule has 3 atom stereocenters. The van der Waals surface area contributed by atoms with E-state index in [4.69, 9.17) is 0 Å². The molecular weight excluding hydrogens is 258 g/mol. The van der Waals surface area contributed by atoms with E-state index in [0.29, 0.717) is 5.92 Å². The van der Waals surface area contributed by atoms with Crippen LogP contribution in [0.1, 0.15) is 60.3 Å². The molecule has 0 radical (unpaired) electrons. The van der Waals surface area contributed by atoms with Gasteiger partial charge in [0.2, 0.25) is 5.91 Å². The molecule has 21 heavy (non-hydrogen) atoms. The number of likely N-dealkylation sites (N-methyl/N-ethyl adjacent to an activating group) is 1. The summed E-state index contributed by atoms with van der Waals surface area (Å²) in [6.07, 6.45) is 7.37. The van der Waals surface area contributed by atoms with Crippen LogP contribution in [-0.4, -0.2) is 23.9 Å². The number of hydrogen-bond donors (Lipinski definition) is 0. The van der Waals surface area contributed by atoms with Gasteiger partial charge in [-0.15, -0.1) is 0 Å². The first-order valence-electron chi connectivity index (χ1n) is 8.66. The lowest BCUT2D eigenvalue weighted by Gasteiger charge is -2.34. The smallest absolute Gasteiger partial charge is 0.249 e. The van der Waals surface area contributed by atoms with E-state index in [9.17, 15) is 4.79 Å². The van der Waals surface area contributed by atoms with Crippen molar-refractivity contribution < 1.29 is 4.79 Å². The Bertz CT molecular complexity index is 456. The molecule has 0 aliphatic heterocycles. The Labute approximate surface area is 130 Å². The van der Waals surface area contributed by atoms with E-state index in [1.165, 1.54) is 25.7 Å². The maximum atomic E-state index is 12.5. The first-order chi connectivity index (χ1) is 9.99. The summed E-state index contributed by atoms with van der Waals surface area (Å²) >= 11 is 0. The highest BCUT2D eigenvalue weighted by molar-refractivity contribution is 5.92. The largest absolute Gasteiger partial charge is 0.340 e. The molecule has 2 aliphatic rings. The number of carbonyl (C=O) groups excluding carboxylic acids is 1. The molecule has 0 saturated heterocycles. The van der Waals surface area contributed by atoms with Gasteiger partial charge in [0.25, 0.3) is 0 Å². The van der Waals surface area contributed by atoms with Crippen molar-refractivity contribution in [2.75, 3.05) is 13.1 Å². The van der Waals surface area contributed by atoms with Gasteiger partial charge in [-0.1, -0.05) is 24.1 Å². The highest BCUT2D eigenvalue weighted by Crippen LogP contribution is 2.48. The van der Waals surface area contributed by atoms with E-state index in [0.717, 1.165) is 30.5 Å². The van der Waals surface area contributed by atoms with Gasteiger partial charge >= 0.3 is 0 Å². The van der Waals surface area contributed by atoms with E-state index >= 15 is 0 Å². The Morgan fingerprint density at radius 3 is 2.52 bits per heavy atom. The lowest BCUT2D eigenvalue weighted by atomic mass is 9.71. The third-order valence-corrected chi connectivity index (χ3v) is 5.58. The molecular formula is C19H31NO. The highest BCUT2D eigenvalue weighted by Gasteiger charge is 2.36. The van der Waals surface area contributed by atoms with Crippen molar-refractivity contribution in [1.29, 1.82) is 0 Å². The maximum absolute atomic E-state index is 12.5. The van der Waals surface area contributed by atoms with E-state index in [1.807, 2.05) is 11.8 Å². The number of rotatable bonds is 4. The van der Waals surface area contributed by atoms with Crippen LogP contribution >= 0.6 is 0 Å². The fraction of sp³-hybridized carbons (Fsp3) is 0.737. The van der Waals surface area contributed by atoms with Crippen LogP contribution in [0.3, 0.4) is 0 Å². The van der Waals surface area contributed by atoms with Gasteiger partial charge in [0.05, 0.1) is 0 Å². The highest BCUT2D eigenvalue weighted by atomic mass is 16.2. The third-order valence-electron chi connectivity index (χ3n) is 5.58. The van der Waals surface area contributed by atoms with Crippen LogP contribution < -0.4 is 0 Å². The maximum Gasteiger partial charge on any atom is 0.249 e. The summed E-state index contributed by atoms with van der Waals surface area (Å²) in [4.78, 5) is 14.4. The van der Waals surface area contributed by atoms with Gasteiger partial charge < -0.3 is 4.90 Å². The molecule has 2 rings (SSSR count). The number of amides is 1. The van der Waals surface area contributed by atoms with Crippen LogP contribution in [0.2, 0.25) is 0 Å². The number of hydrogen-bond acceptors (Lipinski definition) is 1. The van der Waals surface area contributed by atoms with Crippen LogP contribution in [0.15, 0.2) is 22.8 Å². The minimum absolute atomic E-state index is 0.214. The van der Waals surface area contributed by atoms with Crippen molar-refractivity contribution >= 4 is 5.91 Å². The van der Waals surface area contributed by atoms with Crippen molar-refractivity contribution in [3.05, 3.63) is 22.8 Å². The number of fused-ring (bicyclic) bond motifs is 1. The minimum atomic E-state index is 0.214. The van der Waals surface area contributed by atoms with Crippen LogP contribution in [0, 0.1) is 17.8 Å². The molecule has 0 spiro atoms.